The van der Waals surface area contributed by atoms with Crippen molar-refractivity contribution in [3.05, 3.63) is 33.8 Å². The summed E-state index contributed by atoms with van der Waals surface area (Å²) in [6, 6.07) is 4.79. The van der Waals surface area contributed by atoms with Gasteiger partial charge < -0.3 is 4.74 Å². The lowest BCUT2D eigenvalue weighted by atomic mass is 10.1. The zero-order valence-corrected chi connectivity index (χ0v) is 13.4. The molecule has 0 aliphatic rings. The average molecular weight is 349 g/mol. The zero-order valence-electron chi connectivity index (χ0n) is 11.0. The molecule has 4 nitrogen and oxygen atoms in total. The summed E-state index contributed by atoms with van der Waals surface area (Å²) < 4.78 is 29.0. The molecule has 1 aromatic rings. The molecular formula is C13H17BrO4S. The molecule has 0 amide bonds. The second-order valence-corrected chi connectivity index (χ2v) is 7.28. The summed E-state index contributed by atoms with van der Waals surface area (Å²) in [6.45, 7) is 1.95. The highest BCUT2D eigenvalue weighted by Gasteiger charge is 2.15. The quantitative estimate of drug-likeness (QED) is 0.741. The maximum absolute atomic E-state index is 11.9. The number of carbonyl (C=O) groups excluding carboxylic acids is 1. The first-order chi connectivity index (χ1) is 8.89. The topological polar surface area (TPSA) is 60.4 Å². The molecular weight excluding hydrogens is 332 g/mol. The summed E-state index contributed by atoms with van der Waals surface area (Å²) in [5, 5.41) is 0. The number of methoxy groups -OCH3 is 1. The van der Waals surface area contributed by atoms with Crippen molar-refractivity contribution in [1.29, 1.82) is 0 Å². The Balaban J connectivity index is 2.89. The number of rotatable bonds is 6. The SMILES string of the molecule is CCCCS(=O)(=O)Cc1ccc(C(=O)OC)cc1Br. The summed E-state index contributed by atoms with van der Waals surface area (Å²) in [6.07, 6.45) is 1.52. The second-order valence-electron chi connectivity index (χ2n) is 4.24. The minimum absolute atomic E-state index is 0.0188. The van der Waals surface area contributed by atoms with Gasteiger partial charge in [0, 0.05) is 4.47 Å². The van der Waals surface area contributed by atoms with E-state index in [-0.39, 0.29) is 11.5 Å². The normalized spacial score (nSPS) is 11.3. The van der Waals surface area contributed by atoms with Crippen molar-refractivity contribution >= 4 is 31.7 Å². The van der Waals surface area contributed by atoms with Crippen molar-refractivity contribution < 1.29 is 17.9 Å². The minimum Gasteiger partial charge on any atom is -0.465 e. The maximum Gasteiger partial charge on any atom is 0.337 e. The van der Waals surface area contributed by atoms with Crippen molar-refractivity contribution in [2.45, 2.75) is 25.5 Å². The van der Waals surface area contributed by atoms with E-state index in [1.165, 1.54) is 7.11 Å². The molecule has 0 saturated carbocycles. The Morgan fingerprint density at radius 1 is 1.37 bits per heavy atom. The van der Waals surface area contributed by atoms with Crippen molar-refractivity contribution in [3.63, 3.8) is 0 Å². The molecule has 1 aromatic carbocycles. The van der Waals surface area contributed by atoms with E-state index < -0.39 is 15.8 Å². The highest BCUT2D eigenvalue weighted by atomic mass is 79.9. The lowest BCUT2D eigenvalue weighted by Crippen LogP contribution is -2.10. The van der Waals surface area contributed by atoms with E-state index in [0.717, 1.165) is 6.42 Å². The van der Waals surface area contributed by atoms with Gasteiger partial charge in [0.25, 0.3) is 0 Å². The van der Waals surface area contributed by atoms with Crippen LogP contribution in [0.2, 0.25) is 0 Å². The van der Waals surface area contributed by atoms with E-state index in [0.29, 0.717) is 22.0 Å². The molecule has 106 valence electrons. The van der Waals surface area contributed by atoms with Crippen LogP contribution in [0, 0.1) is 0 Å². The molecule has 6 heteroatoms. The fraction of sp³-hybridized carbons (Fsp3) is 0.462. The van der Waals surface area contributed by atoms with Crippen LogP contribution in [0.1, 0.15) is 35.7 Å². The zero-order chi connectivity index (χ0) is 14.5. The van der Waals surface area contributed by atoms with E-state index in [9.17, 15) is 13.2 Å². The van der Waals surface area contributed by atoms with Gasteiger partial charge in [0.05, 0.1) is 24.2 Å². The number of hydrogen-bond acceptors (Lipinski definition) is 4. The fourth-order valence-electron chi connectivity index (χ4n) is 1.58. The van der Waals surface area contributed by atoms with Crippen molar-refractivity contribution in [2.75, 3.05) is 12.9 Å². The Hall–Kier alpha value is -0.880. The lowest BCUT2D eigenvalue weighted by molar-refractivity contribution is 0.0600. The largest absolute Gasteiger partial charge is 0.465 e. The van der Waals surface area contributed by atoms with Crippen molar-refractivity contribution in [3.8, 4) is 0 Å². The monoisotopic (exact) mass is 348 g/mol. The number of benzene rings is 1. The Morgan fingerprint density at radius 2 is 2.05 bits per heavy atom. The molecule has 0 aliphatic heterocycles. The smallest absolute Gasteiger partial charge is 0.337 e. The third kappa shape index (κ3) is 4.95. The summed E-state index contributed by atoms with van der Waals surface area (Å²) >= 11 is 3.29. The van der Waals surface area contributed by atoms with Gasteiger partial charge in [0.1, 0.15) is 0 Å². The van der Waals surface area contributed by atoms with Crippen LogP contribution in [0.3, 0.4) is 0 Å². The van der Waals surface area contributed by atoms with E-state index in [1.807, 2.05) is 6.92 Å². The van der Waals surface area contributed by atoms with Crippen LogP contribution in [-0.4, -0.2) is 27.2 Å². The van der Waals surface area contributed by atoms with E-state index in [2.05, 4.69) is 20.7 Å². The summed E-state index contributed by atoms with van der Waals surface area (Å²) in [5.41, 5.74) is 1.05. The molecule has 0 spiro atoms. The third-order valence-corrected chi connectivity index (χ3v) is 5.06. The first kappa shape index (κ1) is 16.2. The van der Waals surface area contributed by atoms with Gasteiger partial charge in [-0.1, -0.05) is 35.3 Å². The van der Waals surface area contributed by atoms with Crippen LogP contribution < -0.4 is 0 Å². The predicted molar refractivity (Wildman–Crippen MR) is 77.9 cm³/mol. The summed E-state index contributed by atoms with van der Waals surface area (Å²) in [7, 11) is -1.80. The minimum atomic E-state index is -3.10. The van der Waals surface area contributed by atoms with Gasteiger partial charge in [-0.3, -0.25) is 0 Å². The van der Waals surface area contributed by atoms with Gasteiger partial charge in [-0.2, -0.15) is 0 Å². The average Bonchev–Trinajstić information content (AvgIpc) is 2.37. The molecule has 0 atom stereocenters. The highest BCUT2D eigenvalue weighted by molar-refractivity contribution is 9.10. The van der Waals surface area contributed by atoms with Crippen LogP contribution in [0.5, 0.6) is 0 Å². The first-order valence-corrected chi connectivity index (χ1v) is 8.58. The number of sulfone groups is 1. The number of unbranched alkanes of at least 4 members (excludes halogenated alkanes) is 1. The number of hydrogen-bond donors (Lipinski definition) is 0. The Bertz CT molecular complexity index is 552. The van der Waals surface area contributed by atoms with E-state index >= 15 is 0 Å². The molecule has 0 aromatic heterocycles. The maximum atomic E-state index is 11.9. The van der Waals surface area contributed by atoms with Gasteiger partial charge in [-0.25, -0.2) is 13.2 Å². The van der Waals surface area contributed by atoms with Gasteiger partial charge in [-0.05, 0) is 24.1 Å². The number of carbonyl (C=O) groups is 1. The number of halogens is 1. The molecule has 0 unspecified atom stereocenters. The summed E-state index contributed by atoms with van der Waals surface area (Å²) in [4.78, 5) is 11.3. The molecule has 0 bridgehead atoms. The molecule has 1 rings (SSSR count). The second kappa shape index (κ2) is 7.05. The molecule has 0 N–H and O–H groups in total. The highest BCUT2D eigenvalue weighted by Crippen LogP contribution is 2.22. The van der Waals surface area contributed by atoms with Gasteiger partial charge in [0.15, 0.2) is 9.84 Å². The molecule has 0 saturated heterocycles. The molecule has 19 heavy (non-hydrogen) atoms. The Kier molecular flexibility index (Phi) is 6.00. The predicted octanol–water partition coefficient (Wildman–Crippen LogP) is 2.95. The van der Waals surface area contributed by atoms with Gasteiger partial charge in [-0.15, -0.1) is 0 Å². The first-order valence-electron chi connectivity index (χ1n) is 5.96. The molecule has 0 radical (unpaired) electrons. The van der Waals surface area contributed by atoms with Gasteiger partial charge >= 0.3 is 5.97 Å². The number of esters is 1. The van der Waals surface area contributed by atoms with E-state index in [4.69, 9.17) is 0 Å². The molecule has 0 fully saturated rings. The van der Waals surface area contributed by atoms with Crippen LogP contribution in [0.4, 0.5) is 0 Å². The Morgan fingerprint density at radius 3 is 2.58 bits per heavy atom. The summed E-state index contributed by atoms with van der Waals surface area (Å²) in [5.74, 6) is -0.273. The van der Waals surface area contributed by atoms with Crippen LogP contribution in [-0.2, 0) is 20.3 Å². The van der Waals surface area contributed by atoms with Crippen LogP contribution >= 0.6 is 15.9 Å². The van der Waals surface area contributed by atoms with Crippen LogP contribution in [0.15, 0.2) is 22.7 Å². The standard InChI is InChI=1S/C13H17BrO4S/c1-3-4-7-19(16,17)9-11-6-5-10(8-12(11)14)13(15)18-2/h5-6,8H,3-4,7,9H2,1-2H3. The molecule has 0 heterocycles. The number of ether oxygens (including phenoxy) is 1. The van der Waals surface area contributed by atoms with Crippen molar-refractivity contribution in [2.24, 2.45) is 0 Å². The van der Waals surface area contributed by atoms with Crippen molar-refractivity contribution in [1.82, 2.24) is 0 Å². The van der Waals surface area contributed by atoms with Gasteiger partial charge in [0.2, 0.25) is 0 Å². The third-order valence-electron chi connectivity index (χ3n) is 2.66. The van der Waals surface area contributed by atoms with Crippen LogP contribution in [0.25, 0.3) is 0 Å². The fourth-order valence-corrected chi connectivity index (χ4v) is 3.89. The Labute approximate surface area is 122 Å². The molecule has 0 aliphatic carbocycles. The van der Waals surface area contributed by atoms with E-state index in [1.54, 1.807) is 18.2 Å². The lowest BCUT2D eigenvalue weighted by Gasteiger charge is -2.07.